The van der Waals surface area contributed by atoms with Crippen LogP contribution in [0.25, 0.3) is 16.5 Å². The molecule has 1 saturated heterocycles. The van der Waals surface area contributed by atoms with Crippen molar-refractivity contribution in [3.63, 3.8) is 0 Å². The summed E-state index contributed by atoms with van der Waals surface area (Å²) >= 11 is 0. The van der Waals surface area contributed by atoms with Gasteiger partial charge in [0.1, 0.15) is 5.58 Å². The normalized spacial score (nSPS) is 23.6. The van der Waals surface area contributed by atoms with E-state index in [1.807, 2.05) is 6.07 Å². The maximum Gasteiger partial charge on any atom is 0.133 e. The van der Waals surface area contributed by atoms with E-state index in [0.29, 0.717) is 12.1 Å². The van der Waals surface area contributed by atoms with Gasteiger partial charge < -0.3 is 9.15 Å². The Morgan fingerprint density at radius 1 is 1.00 bits per heavy atom. The van der Waals surface area contributed by atoms with Crippen molar-refractivity contribution in [3.8, 4) is 0 Å². The summed E-state index contributed by atoms with van der Waals surface area (Å²) in [6.45, 7) is 2.58. The number of hydrogen-bond acceptors (Lipinski definition) is 3. The molecule has 0 amide bonds. The zero-order valence-corrected chi connectivity index (χ0v) is 14.1. The predicted molar refractivity (Wildman–Crippen MR) is 99.2 cm³/mol. The molecule has 126 valence electrons. The Bertz CT molecular complexity index is 912. The van der Waals surface area contributed by atoms with E-state index < -0.39 is 0 Å². The first-order valence-electron chi connectivity index (χ1n) is 8.92. The number of hydrogen-bond donors (Lipinski definition) is 0. The molecule has 2 aliphatic heterocycles. The lowest BCUT2D eigenvalue weighted by Crippen LogP contribution is -2.53. The van der Waals surface area contributed by atoms with E-state index in [4.69, 9.17) is 9.15 Å². The van der Waals surface area contributed by atoms with Crippen LogP contribution < -0.4 is 0 Å². The van der Waals surface area contributed by atoms with Crippen LogP contribution in [0, 0.1) is 0 Å². The molecule has 1 fully saturated rings. The second kappa shape index (κ2) is 6.17. The van der Waals surface area contributed by atoms with Gasteiger partial charge in [-0.05, 0) is 41.3 Å². The van der Waals surface area contributed by atoms with Gasteiger partial charge in [-0.25, -0.2) is 0 Å². The van der Waals surface area contributed by atoms with Crippen LogP contribution in [0.4, 0.5) is 0 Å². The molecule has 1 aromatic heterocycles. The van der Waals surface area contributed by atoms with Gasteiger partial charge in [-0.15, -0.1) is 0 Å². The van der Waals surface area contributed by atoms with Gasteiger partial charge in [-0.3, -0.25) is 4.90 Å². The molecule has 5 rings (SSSR count). The highest BCUT2D eigenvalue weighted by atomic mass is 16.5. The second-order valence-corrected chi connectivity index (χ2v) is 6.99. The lowest BCUT2D eigenvalue weighted by atomic mass is 9.89. The number of morpholine rings is 1. The molecular weight excluding hydrogens is 310 g/mol. The van der Waals surface area contributed by atoms with E-state index >= 15 is 0 Å². The maximum absolute atomic E-state index is 5.85. The van der Waals surface area contributed by atoms with Crippen LogP contribution in [0.5, 0.6) is 0 Å². The summed E-state index contributed by atoms with van der Waals surface area (Å²) in [5, 5.41) is 1.17. The third kappa shape index (κ3) is 2.80. The Hall–Kier alpha value is -2.36. The molecule has 2 bridgehead atoms. The van der Waals surface area contributed by atoms with Crippen LogP contribution >= 0.6 is 0 Å². The molecular formula is C22H21NO2. The zero-order chi connectivity index (χ0) is 16.6. The molecule has 0 aliphatic carbocycles. The first-order chi connectivity index (χ1) is 12.4. The zero-order valence-electron chi connectivity index (χ0n) is 14.1. The standard InChI is InChI=1S/C22H21NO2/c1-2-4-16(5-3-1)13-23-20-11-19(12-21(23)15-24-14-20)17-6-7-22-18(10-17)8-9-25-22/h1-11,20-21H,12-15H2. The summed E-state index contributed by atoms with van der Waals surface area (Å²) in [5.41, 5.74) is 5.07. The first kappa shape index (κ1) is 14.9. The van der Waals surface area contributed by atoms with E-state index in [-0.39, 0.29) is 0 Å². The highest BCUT2D eigenvalue weighted by Gasteiger charge is 2.34. The predicted octanol–water partition coefficient (Wildman–Crippen LogP) is 4.49. The third-order valence-corrected chi connectivity index (χ3v) is 5.37. The van der Waals surface area contributed by atoms with Gasteiger partial charge >= 0.3 is 0 Å². The van der Waals surface area contributed by atoms with Crippen molar-refractivity contribution in [2.75, 3.05) is 13.2 Å². The Morgan fingerprint density at radius 3 is 2.80 bits per heavy atom. The minimum Gasteiger partial charge on any atom is -0.464 e. The quantitative estimate of drug-likeness (QED) is 0.707. The van der Waals surface area contributed by atoms with E-state index in [0.717, 1.165) is 31.8 Å². The maximum atomic E-state index is 5.85. The van der Waals surface area contributed by atoms with E-state index in [1.54, 1.807) is 6.26 Å². The van der Waals surface area contributed by atoms with Crippen molar-refractivity contribution in [1.29, 1.82) is 0 Å². The van der Waals surface area contributed by atoms with Gasteiger partial charge in [0.2, 0.25) is 0 Å². The average molecular weight is 331 g/mol. The van der Waals surface area contributed by atoms with Gasteiger partial charge in [-0.2, -0.15) is 0 Å². The van der Waals surface area contributed by atoms with Crippen molar-refractivity contribution in [2.45, 2.75) is 25.0 Å². The molecule has 2 aliphatic rings. The highest BCUT2D eigenvalue weighted by molar-refractivity contribution is 5.82. The van der Waals surface area contributed by atoms with Crippen molar-refractivity contribution in [3.05, 3.63) is 78.1 Å². The Morgan fingerprint density at radius 2 is 1.92 bits per heavy atom. The SMILES string of the molecule is C1=C(c2ccc3occc3c2)CC2COCC1N2Cc1ccccc1. The van der Waals surface area contributed by atoms with E-state index in [9.17, 15) is 0 Å². The topological polar surface area (TPSA) is 25.6 Å². The average Bonchev–Trinajstić information content (AvgIpc) is 3.10. The molecule has 25 heavy (non-hydrogen) atoms. The molecule has 2 unspecified atom stereocenters. The fourth-order valence-corrected chi connectivity index (χ4v) is 4.08. The monoisotopic (exact) mass is 331 g/mol. The number of rotatable bonds is 3. The number of nitrogens with zero attached hydrogens (tertiary/aromatic N) is 1. The van der Waals surface area contributed by atoms with Gasteiger partial charge in [0.15, 0.2) is 0 Å². The van der Waals surface area contributed by atoms with Crippen LogP contribution in [0.15, 0.2) is 71.4 Å². The van der Waals surface area contributed by atoms with E-state index in [2.05, 4.69) is 59.5 Å². The fourth-order valence-electron chi connectivity index (χ4n) is 4.08. The number of fused-ring (bicyclic) bond motifs is 3. The van der Waals surface area contributed by atoms with Crippen molar-refractivity contribution >= 4 is 16.5 Å². The minimum absolute atomic E-state index is 0.350. The highest BCUT2D eigenvalue weighted by Crippen LogP contribution is 2.34. The summed E-state index contributed by atoms with van der Waals surface area (Å²) in [4.78, 5) is 2.60. The summed E-state index contributed by atoms with van der Waals surface area (Å²) in [7, 11) is 0. The molecule has 2 atom stereocenters. The fraction of sp³-hybridized carbons (Fsp3) is 0.273. The molecule has 2 aromatic carbocycles. The minimum atomic E-state index is 0.350. The van der Waals surface area contributed by atoms with Crippen molar-refractivity contribution in [2.24, 2.45) is 0 Å². The molecule has 3 aromatic rings. The third-order valence-electron chi connectivity index (χ3n) is 5.37. The Balaban J connectivity index is 1.45. The lowest BCUT2D eigenvalue weighted by Gasteiger charge is -2.44. The second-order valence-electron chi connectivity index (χ2n) is 6.99. The Labute approximate surface area is 147 Å². The first-order valence-corrected chi connectivity index (χ1v) is 8.92. The van der Waals surface area contributed by atoms with Gasteiger partial charge in [0.05, 0.1) is 25.5 Å². The van der Waals surface area contributed by atoms with Crippen molar-refractivity contribution in [1.82, 2.24) is 4.90 Å². The number of benzene rings is 2. The Kier molecular flexibility index (Phi) is 3.69. The van der Waals surface area contributed by atoms with Gasteiger partial charge in [-0.1, -0.05) is 42.5 Å². The number of ether oxygens (including phenoxy) is 1. The van der Waals surface area contributed by atoms with E-state index in [1.165, 1.54) is 22.1 Å². The van der Waals surface area contributed by atoms with Crippen LogP contribution in [0.3, 0.4) is 0 Å². The van der Waals surface area contributed by atoms with Gasteiger partial charge in [0, 0.05) is 18.0 Å². The van der Waals surface area contributed by atoms with Crippen LogP contribution in [0.2, 0.25) is 0 Å². The molecule has 0 saturated carbocycles. The molecule has 0 N–H and O–H groups in total. The molecule has 3 heteroatoms. The molecule has 3 heterocycles. The van der Waals surface area contributed by atoms with Gasteiger partial charge in [0.25, 0.3) is 0 Å². The van der Waals surface area contributed by atoms with Crippen LogP contribution in [-0.2, 0) is 11.3 Å². The number of furan rings is 1. The molecule has 0 radical (unpaired) electrons. The summed E-state index contributed by atoms with van der Waals surface area (Å²) in [5.74, 6) is 0. The lowest BCUT2D eigenvalue weighted by molar-refractivity contribution is -0.0402. The van der Waals surface area contributed by atoms with Crippen LogP contribution in [0.1, 0.15) is 17.5 Å². The van der Waals surface area contributed by atoms with Crippen LogP contribution in [-0.4, -0.2) is 30.2 Å². The smallest absolute Gasteiger partial charge is 0.133 e. The molecule has 3 nitrogen and oxygen atoms in total. The summed E-state index contributed by atoms with van der Waals surface area (Å²) < 4.78 is 11.3. The van der Waals surface area contributed by atoms with Crippen molar-refractivity contribution < 1.29 is 9.15 Å². The largest absolute Gasteiger partial charge is 0.464 e. The summed E-state index contributed by atoms with van der Waals surface area (Å²) in [6, 6.07) is 20.1. The molecule has 0 spiro atoms. The summed E-state index contributed by atoms with van der Waals surface area (Å²) in [6.07, 6.45) is 5.19.